The Morgan fingerprint density at radius 3 is 2.88 bits per heavy atom. The molecule has 0 atom stereocenters. The third-order valence-electron chi connectivity index (χ3n) is 0.791. The molecule has 1 rings (SSSR count). The Morgan fingerprint density at radius 1 is 1.62 bits per heavy atom. The molecule has 1 aromatic rings. The molecule has 0 aliphatic heterocycles. The van der Waals surface area contributed by atoms with Crippen LogP contribution in [-0.2, 0) is 5.75 Å². The molecule has 0 saturated carbocycles. The molecular formula is C5H5N2S. The van der Waals surface area contributed by atoms with Crippen molar-refractivity contribution in [2.45, 2.75) is 5.75 Å². The van der Waals surface area contributed by atoms with E-state index >= 15 is 0 Å². The lowest BCUT2D eigenvalue weighted by molar-refractivity contribution is 1.09. The zero-order valence-corrected chi connectivity index (χ0v) is 5.06. The predicted molar refractivity (Wildman–Crippen MR) is 33.3 cm³/mol. The van der Waals surface area contributed by atoms with Crippen LogP contribution < -0.4 is 0 Å². The van der Waals surface area contributed by atoms with Gasteiger partial charge in [-0.2, -0.15) is 0 Å². The first-order chi connectivity index (χ1) is 3.93. The molecule has 0 bridgehead atoms. The Hall–Kier alpha value is -0.570. The Balaban J connectivity index is 2.83. The summed E-state index contributed by atoms with van der Waals surface area (Å²) in [5, 5.41) is 0. The quantitative estimate of drug-likeness (QED) is 0.563. The molecule has 1 heterocycles. The summed E-state index contributed by atoms with van der Waals surface area (Å²) >= 11 is 4.73. The Bertz CT molecular complexity index is 152. The molecule has 2 nitrogen and oxygen atoms in total. The number of hydrogen-bond donors (Lipinski definition) is 0. The fourth-order valence-electron chi connectivity index (χ4n) is 0.403. The molecule has 3 heteroatoms. The smallest absolute Gasteiger partial charge is 0.115 e. The first-order valence-electron chi connectivity index (χ1n) is 2.26. The summed E-state index contributed by atoms with van der Waals surface area (Å²) < 4.78 is 0. The first-order valence-corrected chi connectivity index (χ1v) is 2.84. The average molecular weight is 125 g/mol. The van der Waals surface area contributed by atoms with E-state index in [1.807, 2.05) is 6.07 Å². The van der Waals surface area contributed by atoms with Crippen molar-refractivity contribution in [2.75, 3.05) is 0 Å². The summed E-state index contributed by atoms with van der Waals surface area (Å²) in [7, 11) is 0. The lowest BCUT2D eigenvalue weighted by atomic mass is 10.5. The zero-order chi connectivity index (χ0) is 5.82. The van der Waals surface area contributed by atoms with Crippen LogP contribution in [0.15, 0.2) is 18.6 Å². The highest BCUT2D eigenvalue weighted by Gasteiger charge is 1.83. The van der Waals surface area contributed by atoms with Crippen molar-refractivity contribution < 1.29 is 0 Å². The third-order valence-corrected chi connectivity index (χ3v) is 1.09. The van der Waals surface area contributed by atoms with Crippen molar-refractivity contribution in [3.63, 3.8) is 0 Å². The standard InChI is InChI=1S/C5H5N2S/c8-3-5-1-2-6-4-7-5/h1-2,4H,3H2. The molecule has 0 fully saturated rings. The van der Waals surface area contributed by atoms with Gasteiger partial charge in [0.1, 0.15) is 6.33 Å². The maximum Gasteiger partial charge on any atom is 0.115 e. The number of rotatable bonds is 1. The third kappa shape index (κ3) is 1.20. The Morgan fingerprint density at radius 2 is 2.50 bits per heavy atom. The highest BCUT2D eigenvalue weighted by atomic mass is 32.1. The van der Waals surface area contributed by atoms with Crippen LogP contribution >= 0.6 is 12.6 Å². The molecule has 0 aliphatic carbocycles. The summed E-state index contributed by atoms with van der Waals surface area (Å²) in [6.07, 6.45) is 3.19. The van der Waals surface area contributed by atoms with Gasteiger partial charge >= 0.3 is 0 Å². The van der Waals surface area contributed by atoms with Crippen LogP contribution in [0, 0.1) is 0 Å². The second-order valence-corrected chi connectivity index (χ2v) is 1.63. The maximum atomic E-state index is 4.73. The number of aromatic nitrogens is 2. The molecule has 1 aromatic heterocycles. The topological polar surface area (TPSA) is 25.8 Å². The van der Waals surface area contributed by atoms with Gasteiger partial charge in [0.15, 0.2) is 0 Å². The minimum atomic E-state index is 0.572. The van der Waals surface area contributed by atoms with Crippen LogP contribution in [-0.4, -0.2) is 9.97 Å². The van der Waals surface area contributed by atoms with Gasteiger partial charge in [-0.3, -0.25) is 0 Å². The molecule has 0 aromatic carbocycles. The van der Waals surface area contributed by atoms with E-state index in [1.165, 1.54) is 6.33 Å². The van der Waals surface area contributed by atoms with Crippen LogP contribution in [0.3, 0.4) is 0 Å². The van der Waals surface area contributed by atoms with Crippen LogP contribution in [0.4, 0.5) is 0 Å². The summed E-state index contributed by atoms with van der Waals surface area (Å²) in [4.78, 5) is 7.62. The largest absolute Gasteiger partial charge is 0.245 e. The highest BCUT2D eigenvalue weighted by molar-refractivity contribution is 7.79. The summed E-state index contributed by atoms with van der Waals surface area (Å²) in [5.41, 5.74) is 0.912. The maximum absolute atomic E-state index is 4.73. The number of hydrogen-bond acceptors (Lipinski definition) is 2. The average Bonchev–Trinajstić information content (AvgIpc) is 1.90. The normalized spacial score (nSPS) is 9.12. The lowest BCUT2D eigenvalue weighted by Gasteiger charge is -1.86. The zero-order valence-electron chi connectivity index (χ0n) is 4.24. The molecule has 0 unspecified atom stereocenters. The summed E-state index contributed by atoms with van der Waals surface area (Å²) in [6, 6.07) is 1.81. The fourth-order valence-corrected chi connectivity index (χ4v) is 0.574. The van der Waals surface area contributed by atoms with Crippen LogP contribution in [0.2, 0.25) is 0 Å². The lowest BCUT2D eigenvalue weighted by Crippen LogP contribution is -1.82. The van der Waals surface area contributed by atoms with Gasteiger partial charge in [-0.05, 0) is 6.07 Å². The van der Waals surface area contributed by atoms with Gasteiger partial charge in [0.25, 0.3) is 0 Å². The molecule has 0 N–H and O–H groups in total. The van der Waals surface area contributed by atoms with Crippen molar-refractivity contribution in [3.05, 3.63) is 24.3 Å². The van der Waals surface area contributed by atoms with E-state index in [2.05, 4.69) is 9.97 Å². The first kappa shape index (κ1) is 5.56. The summed E-state index contributed by atoms with van der Waals surface area (Å²) in [6.45, 7) is 0. The van der Waals surface area contributed by atoms with Crippen molar-refractivity contribution in [2.24, 2.45) is 0 Å². The molecule has 0 amide bonds. The van der Waals surface area contributed by atoms with Crippen LogP contribution in [0.25, 0.3) is 0 Å². The van der Waals surface area contributed by atoms with Gasteiger partial charge in [0.05, 0.1) is 5.69 Å². The Labute approximate surface area is 53.4 Å². The molecular weight excluding hydrogens is 120 g/mol. The minimum absolute atomic E-state index is 0.572. The van der Waals surface area contributed by atoms with Gasteiger partial charge in [0.2, 0.25) is 0 Å². The van der Waals surface area contributed by atoms with E-state index in [0.717, 1.165) is 5.69 Å². The van der Waals surface area contributed by atoms with Gasteiger partial charge in [-0.1, -0.05) is 12.6 Å². The van der Waals surface area contributed by atoms with E-state index < -0.39 is 0 Å². The van der Waals surface area contributed by atoms with Crippen LogP contribution in [0.1, 0.15) is 5.69 Å². The summed E-state index contributed by atoms with van der Waals surface area (Å²) in [5.74, 6) is 0.572. The van der Waals surface area contributed by atoms with Crippen molar-refractivity contribution in [3.8, 4) is 0 Å². The van der Waals surface area contributed by atoms with Gasteiger partial charge in [-0.25, -0.2) is 9.97 Å². The van der Waals surface area contributed by atoms with Gasteiger partial charge < -0.3 is 0 Å². The Kier molecular flexibility index (Phi) is 1.86. The van der Waals surface area contributed by atoms with Crippen molar-refractivity contribution >= 4 is 12.6 Å². The number of nitrogens with zero attached hydrogens (tertiary/aromatic N) is 2. The second kappa shape index (κ2) is 2.67. The van der Waals surface area contributed by atoms with E-state index in [1.54, 1.807) is 6.20 Å². The van der Waals surface area contributed by atoms with E-state index in [4.69, 9.17) is 12.6 Å². The minimum Gasteiger partial charge on any atom is -0.245 e. The van der Waals surface area contributed by atoms with Gasteiger partial charge in [-0.15, -0.1) is 0 Å². The van der Waals surface area contributed by atoms with E-state index in [9.17, 15) is 0 Å². The predicted octanol–water partition coefficient (Wildman–Crippen LogP) is 1.17. The van der Waals surface area contributed by atoms with Gasteiger partial charge in [0, 0.05) is 11.9 Å². The molecule has 0 spiro atoms. The molecule has 1 radical (unpaired) electrons. The van der Waals surface area contributed by atoms with Crippen molar-refractivity contribution in [1.29, 1.82) is 0 Å². The molecule has 0 aliphatic rings. The molecule has 41 valence electrons. The van der Waals surface area contributed by atoms with E-state index in [0.29, 0.717) is 5.75 Å². The molecule has 0 saturated heterocycles. The van der Waals surface area contributed by atoms with E-state index in [-0.39, 0.29) is 0 Å². The van der Waals surface area contributed by atoms with Crippen LogP contribution in [0.5, 0.6) is 0 Å². The molecule has 8 heavy (non-hydrogen) atoms. The second-order valence-electron chi connectivity index (χ2n) is 1.35. The van der Waals surface area contributed by atoms with Crippen molar-refractivity contribution in [1.82, 2.24) is 9.97 Å². The monoisotopic (exact) mass is 125 g/mol. The SMILES string of the molecule is [S]Cc1ccncn1. The highest BCUT2D eigenvalue weighted by Crippen LogP contribution is 1.93. The fraction of sp³-hybridized carbons (Fsp3) is 0.200.